The molecule has 0 fully saturated rings. The summed E-state index contributed by atoms with van der Waals surface area (Å²) in [6.45, 7) is 2.08. The van der Waals surface area contributed by atoms with Gasteiger partial charge in [-0.05, 0) is 23.3 Å². The second-order valence-corrected chi connectivity index (χ2v) is 5.15. The summed E-state index contributed by atoms with van der Waals surface area (Å²) >= 11 is 5.99. The van der Waals surface area contributed by atoms with Gasteiger partial charge in [-0.15, -0.1) is 0 Å². The fourth-order valence-electron chi connectivity index (χ4n) is 1.79. The lowest BCUT2D eigenvalue weighted by Crippen LogP contribution is -2.26. The van der Waals surface area contributed by atoms with Crippen LogP contribution in [0.15, 0.2) is 27.8 Å². The number of hydrogen-bond acceptors (Lipinski definition) is 9. The van der Waals surface area contributed by atoms with Crippen LogP contribution in [0.2, 0.25) is 5.02 Å². The zero-order chi connectivity index (χ0) is 17.7. The smallest absolute Gasteiger partial charge is 0.271 e. The molecule has 128 valence electrons. The minimum atomic E-state index is -0.530. The molecule has 1 aromatic carbocycles. The van der Waals surface area contributed by atoms with Crippen molar-refractivity contribution in [1.82, 2.24) is 15.8 Å². The molecule has 0 spiro atoms. The van der Waals surface area contributed by atoms with E-state index in [-0.39, 0.29) is 34.1 Å². The molecule has 0 saturated heterocycles. The number of aliphatic imine (C=N–C) groups is 1. The topological polar surface area (TPSA) is 165 Å². The normalized spacial score (nSPS) is 12.7. The van der Waals surface area contributed by atoms with Crippen LogP contribution < -0.4 is 16.5 Å². The van der Waals surface area contributed by atoms with Crippen molar-refractivity contribution < 1.29 is 14.8 Å². The SMILES string of the molecule is C[C@@H](CNc1ccc([N+](=O)[O-])cc1Cl)N=C(NO)c1nonc1N. The number of amidine groups is 1. The van der Waals surface area contributed by atoms with E-state index in [1.165, 1.54) is 18.2 Å². The Bertz CT molecular complexity index is 764. The van der Waals surface area contributed by atoms with E-state index >= 15 is 0 Å². The maximum atomic E-state index is 10.7. The third kappa shape index (κ3) is 4.08. The highest BCUT2D eigenvalue weighted by Crippen LogP contribution is 2.26. The number of anilines is 2. The summed E-state index contributed by atoms with van der Waals surface area (Å²) in [5.41, 5.74) is 7.91. The van der Waals surface area contributed by atoms with Gasteiger partial charge in [0.05, 0.1) is 21.7 Å². The molecule has 1 atom stereocenters. The van der Waals surface area contributed by atoms with E-state index < -0.39 is 4.92 Å². The van der Waals surface area contributed by atoms with Crippen LogP contribution in [0.5, 0.6) is 0 Å². The Morgan fingerprint density at radius 2 is 2.33 bits per heavy atom. The van der Waals surface area contributed by atoms with E-state index in [1.54, 1.807) is 6.92 Å². The van der Waals surface area contributed by atoms with Gasteiger partial charge in [0.25, 0.3) is 5.69 Å². The molecular formula is C12H14ClN7O4. The lowest BCUT2D eigenvalue weighted by molar-refractivity contribution is -0.384. The monoisotopic (exact) mass is 355 g/mol. The van der Waals surface area contributed by atoms with Gasteiger partial charge in [-0.25, -0.2) is 4.63 Å². The number of nitrogens with zero attached hydrogens (tertiary/aromatic N) is 4. The molecule has 1 aromatic heterocycles. The third-order valence-electron chi connectivity index (χ3n) is 2.95. The summed E-state index contributed by atoms with van der Waals surface area (Å²) in [5.74, 6) is -0.0216. The maximum absolute atomic E-state index is 10.7. The number of halogens is 1. The highest BCUT2D eigenvalue weighted by molar-refractivity contribution is 6.33. The van der Waals surface area contributed by atoms with Crippen molar-refractivity contribution in [2.24, 2.45) is 4.99 Å². The first-order chi connectivity index (χ1) is 11.4. The van der Waals surface area contributed by atoms with Crippen molar-refractivity contribution in [3.63, 3.8) is 0 Å². The van der Waals surface area contributed by atoms with Crippen molar-refractivity contribution >= 4 is 34.6 Å². The van der Waals surface area contributed by atoms with Crippen LogP contribution in [0.4, 0.5) is 17.2 Å². The largest absolute Gasteiger partial charge is 0.382 e. The number of non-ortho nitro benzene ring substituents is 1. The summed E-state index contributed by atoms with van der Waals surface area (Å²) in [7, 11) is 0. The van der Waals surface area contributed by atoms with E-state index in [9.17, 15) is 10.1 Å². The standard InChI is InChI=1S/C12H14ClN7O4/c1-6(16-12(17-21)10-11(14)19-24-18-10)5-15-9-3-2-7(20(22)23)4-8(9)13/h2-4,6,15,21H,5H2,1H3,(H2,14,19)(H,16,17)/t6-/m0/s1. The fraction of sp³-hybridized carbons (Fsp3) is 0.250. The Morgan fingerprint density at radius 3 is 2.88 bits per heavy atom. The van der Waals surface area contributed by atoms with Gasteiger partial charge in [0.15, 0.2) is 17.3 Å². The Kier molecular flexibility index (Phi) is 5.50. The second kappa shape index (κ2) is 7.57. The molecule has 0 amide bonds. The number of nitrogen functional groups attached to an aromatic ring is 1. The highest BCUT2D eigenvalue weighted by atomic mass is 35.5. The summed E-state index contributed by atoms with van der Waals surface area (Å²) in [5, 5.41) is 29.9. The highest BCUT2D eigenvalue weighted by Gasteiger charge is 2.15. The molecule has 0 radical (unpaired) electrons. The Labute approximate surface area is 140 Å². The summed E-state index contributed by atoms with van der Waals surface area (Å²) in [6, 6.07) is 3.76. The molecule has 0 unspecified atom stereocenters. The maximum Gasteiger partial charge on any atom is 0.271 e. The molecule has 12 heteroatoms. The quantitative estimate of drug-likeness (QED) is 0.259. The van der Waals surface area contributed by atoms with Crippen molar-refractivity contribution in [2.75, 3.05) is 17.6 Å². The lowest BCUT2D eigenvalue weighted by Gasteiger charge is -2.12. The number of nitro benzene ring substituents is 1. The molecule has 1 heterocycles. The molecule has 0 aliphatic carbocycles. The molecule has 0 saturated carbocycles. The van der Waals surface area contributed by atoms with E-state index in [0.29, 0.717) is 12.2 Å². The lowest BCUT2D eigenvalue weighted by atomic mass is 10.2. The molecular weight excluding hydrogens is 342 g/mol. The van der Waals surface area contributed by atoms with Crippen LogP contribution in [0, 0.1) is 10.1 Å². The van der Waals surface area contributed by atoms with Crippen LogP contribution in [0.1, 0.15) is 12.6 Å². The summed E-state index contributed by atoms with van der Waals surface area (Å²) < 4.78 is 4.44. The number of nitro groups is 1. The van der Waals surface area contributed by atoms with Crippen molar-refractivity contribution in [3.8, 4) is 0 Å². The zero-order valence-electron chi connectivity index (χ0n) is 12.4. The average molecular weight is 356 g/mol. The number of aromatic nitrogens is 2. The molecule has 11 nitrogen and oxygen atoms in total. The van der Waals surface area contributed by atoms with Crippen molar-refractivity contribution in [3.05, 3.63) is 39.0 Å². The van der Waals surface area contributed by atoms with Gasteiger partial charge in [0, 0.05) is 18.7 Å². The van der Waals surface area contributed by atoms with Gasteiger partial charge < -0.3 is 11.1 Å². The molecule has 0 bridgehead atoms. The van der Waals surface area contributed by atoms with E-state index in [4.69, 9.17) is 22.5 Å². The number of rotatable bonds is 6. The first kappa shape index (κ1) is 17.4. The molecule has 0 aliphatic heterocycles. The number of hydrogen-bond donors (Lipinski definition) is 4. The number of nitrogens with two attached hydrogens (primary N) is 1. The number of hydroxylamine groups is 1. The number of benzene rings is 1. The van der Waals surface area contributed by atoms with Crippen molar-refractivity contribution in [2.45, 2.75) is 13.0 Å². The van der Waals surface area contributed by atoms with E-state index in [1.807, 2.05) is 5.48 Å². The Balaban J connectivity index is 2.05. The first-order valence-corrected chi connectivity index (χ1v) is 7.04. The second-order valence-electron chi connectivity index (χ2n) is 4.74. The van der Waals surface area contributed by atoms with Crippen LogP contribution >= 0.6 is 11.6 Å². The fourth-order valence-corrected chi connectivity index (χ4v) is 2.03. The Morgan fingerprint density at radius 1 is 1.58 bits per heavy atom. The molecule has 2 aromatic rings. The number of nitrogens with one attached hydrogen (secondary N) is 2. The average Bonchev–Trinajstić information content (AvgIpc) is 2.97. The van der Waals surface area contributed by atoms with Gasteiger partial charge in [0.1, 0.15) is 0 Å². The van der Waals surface area contributed by atoms with E-state index in [0.717, 1.165) is 0 Å². The van der Waals surface area contributed by atoms with E-state index in [2.05, 4.69) is 25.3 Å². The van der Waals surface area contributed by atoms with Gasteiger partial charge in [0.2, 0.25) is 0 Å². The molecule has 0 aliphatic rings. The van der Waals surface area contributed by atoms with Gasteiger partial charge in [-0.2, -0.15) is 0 Å². The predicted molar refractivity (Wildman–Crippen MR) is 86.2 cm³/mol. The van der Waals surface area contributed by atoms with Crippen LogP contribution in [-0.4, -0.2) is 38.9 Å². The minimum Gasteiger partial charge on any atom is -0.382 e. The zero-order valence-corrected chi connectivity index (χ0v) is 13.2. The molecule has 24 heavy (non-hydrogen) atoms. The van der Waals surface area contributed by atoms with Crippen LogP contribution in [0.25, 0.3) is 0 Å². The predicted octanol–water partition coefficient (Wildman–Crippen LogP) is 1.44. The third-order valence-corrected chi connectivity index (χ3v) is 3.26. The van der Waals surface area contributed by atoms with Crippen LogP contribution in [0.3, 0.4) is 0 Å². The van der Waals surface area contributed by atoms with Crippen molar-refractivity contribution in [1.29, 1.82) is 0 Å². The molecule has 5 N–H and O–H groups in total. The van der Waals surface area contributed by atoms with Crippen LogP contribution in [-0.2, 0) is 0 Å². The summed E-state index contributed by atoms with van der Waals surface area (Å²) in [4.78, 5) is 14.3. The molecule has 2 rings (SSSR count). The summed E-state index contributed by atoms with van der Waals surface area (Å²) in [6.07, 6.45) is 0. The minimum absolute atomic E-state index is 0.00199. The Hall–Kier alpha value is -2.92. The van der Waals surface area contributed by atoms with Gasteiger partial charge in [-0.3, -0.25) is 25.8 Å². The first-order valence-electron chi connectivity index (χ1n) is 6.66. The van der Waals surface area contributed by atoms with Gasteiger partial charge >= 0.3 is 0 Å². The van der Waals surface area contributed by atoms with Gasteiger partial charge in [-0.1, -0.05) is 11.6 Å².